The van der Waals surface area contributed by atoms with E-state index in [1.807, 2.05) is 0 Å². The Kier molecular flexibility index (Phi) is 5.04. The molecule has 0 amide bonds. The highest BCUT2D eigenvalue weighted by molar-refractivity contribution is 5.99. The van der Waals surface area contributed by atoms with Gasteiger partial charge in [0.15, 0.2) is 17.3 Å². The van der Waals surface area contributed by atoms with Crippen LogP contribution in [-0.2, 0) is 0 Å². The third-order valence-electron chi connectivity index (χ3n) is 5.83. The molecule has 0 bridgehead atoms. The lowest BCUT2D eigenvalue weighted by Crippen LogP contribution is -2.54. The molecular formula is C23H25F2N7O. The molecule has 172 valence electrons. The summed E-state index contributed by atoms with van der Waals surface area (Å²) in [5, 5.41) is 10.9. The number of nitrogens with zero attached hydrogens (tertiary/aromatic N) is 5. The zero-order chi connectivity index (χ0) is 23.4. The maximum absolute atomic E-state index is 15.4. The second-order valence-electron chi connectivity index (χ2n) is 8.79. The van der Waals surface area contributed by atoms with Crippen molar-refractivity contribution in [3.63, 3.8) is 0 Å². The summed E-state index contributed by atoms with van der Waals surface area (Å²) in [5.74, 6) is -1.23. The highest BCUT2D eigenvalue weighted by atomic mass is 19.1. The number of hydrogen-bond acceptors (Lipinski definition) is 6. The van der Waals surface area contributed by atoms with Gasteiger partial charge in [0.2, 0.25) is 5.91 Å². The first-order valence-electron chi connectivity index (χ1n) is 10.9. The third-order valence-corrected chi connectivity index (χ3v) is 5.83. The Bertz CT molecular complexity index is 1380. The number of aromatic nitrogens is 4. The summed E-state index contributed by atoms with van der Waals surface area (Å²) in [6.45, 7) is 8.74. The van der Waals surface area contributed by atoms with Gasteiger partial charge in [0.1, 0.15) is 5.82 Å². The number of aryl methyl sites for hydroxylation is 1. The molecule has 0 saturated carbocycles. The molecule has 0 radical (unpaired) electrons. The summed E-state index contributed by atoms with van der Waals surface area (Å²) in [6, 6.07) is 5.02. The van der Waals surface area contributed by atoms with Crippen molar-refractivity contribution in [1.29, 1.82) is 0 Å². The molecule has 4 aromatic rings. The number of anilines is 3. The number of carbonyl (C=O) groups excluding carboxylic acids is 1. The number of hydrogen-bond donors (Lipinski definition) is 2. The molecule has 5 rings (SSSR count). The second-order valence-corrected chi connectivity index (χ2v) is 8.79. The number of halogens is 2. The predicted octanol–water partition coefficient (Wildman–Crippen LogP) is 3.86. The zero-order valence-corrected chi connectivity index (χ0v) is 18.9. The van der Waals surface area contributed by atoms with Gasteiger partial charge in [-0.1, -0.05) is 0 Å². The van der Waals surface area contributed by atoms with Crippen LogP contribution in [0.4, 0.5) is 26.0 Å². The molecule has 0 aliphatic carbocycles. The minimum absolute atomic E-state index is 0.141. The van der Waals surface area contributed by atoms with Gasteiger partial charge in [-0.3, -0.25) is 4.79 Å². The summed E-state index contributed by atoms with van der Waals surface area (Å²) in [4.78, 5) is 18.6. The van der Waals surface area contributed by atoms with E-state index in [4.69, 9.17) is 0 Å². The van der Waals surface area contributed by atoms with Crippen molar-refractivity contribution in [2.24, 2.45) is 0 Å². The van der Waals surface area contributed by atoms with Gasteiger partial charge < -0.3 is 19.9 Å². The summed E-state index contributed by atoms with van der Waals surface area (Å²) in [7, 11) is 0. The number of carbonyl (C=O) groups is 1. The van der Waals surface area contributed by atoms with Crippen LogP contribution in [0.25, 0.3) is 16.6 Å². The first-order chi connectivity index (χ1) is 15.7. The highest BCUT2D eigenvalue weighted by Crippen LogP contribution is 2.33. The van der Waals surface area contributed by atoms with E-state index >= 15 is 4.39 Å². The normalized spacial score (nSPS) is 18.9. The van der Waals surface area contributed by atoms with E-state index in [1.165, 1.54) is 23.7 Å². The van der Waals surface area contributed by atoms with Gasteiger partial charge in [0, 0.05) is 56.2 Å². The third kappa shape index (κ3) is 3.80. The topological polar surface area (TPSA) is 79.5 Å². The second kappa shape index (κ2) is 7.80. The van der Waals surface area contributed by atoms with Crippen LogP contribution in [0.1, 0.15) is 31.3 Å². The van der Waals surface area contributed by atoms with Gasteiger partial charge in [-0.05, 0) is 32.9 Å². The number of imidazole rings is 1. The van der Waals surface area contributed by atoms with E-state index in [-0.39, 0.29) is 34.8 Å². The fraction of sp³-hybridized carbons (Fsp3) is 0.348. The summed E-state index contributed by atoms with van der Waals surface area (Å²) in [6.07, 6.45) is 3.34. The van der Waals surface area contributed by atoms with Gasteiger partial charge in [0.25, 0.3) is 0 Å². The number of fused-ring (bicyclic) bond motifs is 2. The van der Waals surface area contributed by atoms with E-state index in [0.717, 1.165) is 13.1 Å². The first-order valence-corrected chi connectivity index (χ1v) is 10.9. The fourth-order valence-electron chi connectivity index (χ4n) is 4.62. The van der Waals surface area contributed by atoms with Crippen molar-refractivity contribution in [1.82, 2.24) is 24.5 Å². The molecule has 33 heavy (non-hydrogen) atoms. The molecule has 1 aromatic carbocycles. The summed E-state index contributed by atoms with van der Waals surface area (Å²) >= 11 is 0. The van der Waals surface area contributed by atoms with Gasteiger partial charge in [-0.2, -0.15) is 4.68 Å². The number of piperazine rings is 1. The monoisotopic (exact) mass is 453 g/mol. The Morgan fingerprint density at radius 1 is 1.12 bits per heavy atom. The molecule has 1 saturated heterocycles. The van der Waals surface area contributed by atoms with Crippen LogP contribution in [0, 0.1) is 18.6 Å². The number of benzene rings is 1. The molecule has 3 aromatic heterocycles. The van der Waals surface area contributed by atoms with Crippen LogP contribution in [-0.4, -0.2) is 50.2 Å². The van der Waals surface area contributed by atoms with E-state index in [2.05, 4.69) is 39.5 Å². The Morgan fingerprint density at radius 3 is 2.55 bits per heavy atom. The van der Waals surface area contributed by atoms with Gasteiger partial charge >= 0.3 is 0 Å². The molecule has 2 atom stereocenters. The van der Waals surface area contributed by atoms with Crippen molar-refractivity contribution in [3.8, 4) is 0 Å². The molecule has 0 spiro atoms. The van der Waals surface area contributed by atoms with E-state index in [9.17, 15) is 9.18 Å². The number of rotatable bonds is 3. The van der Waals surface area contributed by atoms with Crippen molar-refractivity contribution in [2.75, 3.05) is 23.3 Å². The fourth-order valence-corrected chi connectivity index (χ4v) is 4.62. The molecular weight excluding hydrogens is 428 g/mol. The first kappa shape index (κ1) is 21.3. The Morgan fingerprint density at radius 2 is 1.85 bits per heavy atom. The molecule has 2 N–H and O–H groups in total. The lowest BCUT2D eigenvalue weighted by Gasteiger charge is -2.37. The Hall–Kier alpha value is -3.53. The molecule has 1 fully saturated rings. The number of pyridine rings is 1. The maximum Gasteiger partial charge on any atom is 0.244 e. The zero-order valence-electron chi connectivity index (χ0n) is 18.9. The molecule has 8 nitrogen and oxygen atoms in total. The Balaban J connectivity index is 1.59. The molecule has 1 aliphatic heterocycles. The average molecular weight is 453 g/mol. The largest absolute Gasteiger partial charge is 0.368 e. The van der Waals surface area contributed by atoms with E-state index in [1.54, 1.807) is 29.8 Å². The van der Waals surface area contributed by atoms with Gasteiger partial charge in [-0.15, -0.1) is 5.10 Å². The summed E-state index contributed by atoms with van der Waals surface area (Å²) in [5.41, 5.74) is 2.29. The summed E-state index contributed by atoms with van der Waals surface area (Å²) < 4.78 is 32.7. The minimum atomic E-state index is -0.520. The Labute approximate surface area is 189 Å². The maximum atomic E-state index is 15.4. The van der Waals surface area contributed by atoms with Gasteiger partial charge in [-0.25, -0.2) is 13.8 Å². The van der Waals surface area contributed by atoms with Crippen LogP contribution in [0.2, 0.25) is 0 Å². The van der Waals surface area contributed by atoms with Crippen LogP contribution in [0.3, 0.4) is 0 Å². The lowest BCUT2D eigenvalue weighted by atomic mass is 10.1. The highest BCUT2D eigenvalue weighted by Gasteiger charge is 2.25. The molecule has 0 unspecified atom stereocenters. The van der Waals surface area contributed by atoms with E-state index < -0.39 is 11.6 Å². The van der Waals surface area contributed by atoms with Crippen LogP contribution in [0.15, 0.2) is 30.6 Å². The molecule has 4 heterocycles. The smallest absolute Gasteiger partial charge is 0.244 e. The number of nitrogens with one attached hydrogen (secondary N) is 2. The van der Waals surface area contributed by atoms with Gasteiger partial charge in [0.05, 0.1) is 22.3 Å². The minimum Gasteiger partial charge on any atom is -0.368 e. The lowest BCUT2D eigenvalue weighted by molar-refractivity contribution is 0.0927. The molecule has 1 aliphatic rings. The van der Waals surface area contributed by atoms with Crippen molar-refractivity contribution < 1.29 is 13.6 Å². The van der Waals surface area contributed by atoms with E-state index in [0.29, 0.717) is 22.6 Å². The quantitative estimate of drug-likeness (QED) is 0.491. The van der Waals surface area contributed by atoms with Crippen LogP contribution in [0.5, 0.6) is 0 Å². The average Bonchev–Trinajstić information content (AvgIpc) is 3.28. The van der Waals surface area contributed by atoms with Crippen LogP contribution < -0.4 is 15.5 Å². The van der Waals surface area contributed by atoms with Crippen molar-refractivity contribution in [3.05, 3.63) is 47.9 Å². The van der Waals surface area contributed by atoms with Crippen molar-refractivity contribution in [2.45, 2.75) is 39.8 Å². The standard InChI is InChI=1S/C23H25F2N7O/c1-12-8-30(9-13(2)26-12)17-6-18(24)21-20(7-17)32(15(4)33)29-22(21)28-16-5-19(25)23-27-14(3)10-31(23)11-16/h5-7,10-13,26H,8-9H2,1-4H3,(H,28,29)/t12-,13-/m0/s1. The van der Waals surface area contributed by atoms with Crippen molar-refractivity contribution >= 4 is 39.6 Å². The SMILES string of the molecule is CC(=O)n1nc(Nc2cc(F)c3nc(C)cn3c2)c2c(F)cc(N3C[C@H](C)N[C@@H](C)C3)cc21. The van der Waals surface area contributed by atoms with Crippen LogP contribution >= 0.6 is 0 Å². The molecule has 10 heteroatoms. The predicted molar refractivity (Wildman–Crippen MR) is 123 cm³/mol.